The van der Waals surface area contributed by atoms with Crippen molar-refractivity contribution in [1.82, 2.24) is 9.29 Å². The summed E-state index contributed by atoms with van der Waals surface area (Å²) in [6, 6.07) is 12.1. The highest BCUT2D eigenvalue weighted by atomic mass is 32.2. The van der Waals surface area contributed by atoms with Gasteiger partial charge in [0.25, 0.3) is 0 Å². The number of hydrogen-bond donors (Lipinski definition) is 1. The zero-order chi connectivity index (χ0) is 19.4. The molecule has 27 heavy (non-hydrogen) atoms. The van der Waals surface area contributed by atoms with Crippen LogP contribution in [0.3, 0.4) is 0 Å². The Morgan fingerprint density at radius 3 is 2.67 bits per heavy atom. The van der Waals surface area contributed by atoms with E-state index in [1.165, 1.54) is 6.07 Å². The average Bonchev–Trinajstić information content (AvgIpc) is 2.96. The van der Waals surface area contributed by atoms with Crippen LogP contribution in [0.2, 0.25) is 0 Å². The summed E-state index contributed by atoms with van der Waals surface area (Å²) in [6.45, 7) is 5.14. The van der Waals surface area contributed by atoms with Crippen molar-refractivity contribution in [3.63, 3.8) is 0 Å². The number of nitrogens with one attached hydrogen (secondary N) is 1. The van der Waals surface area contributed by atoms with Gasteiger partial charge in [0.2, 0.25) is 10.0 Å². The largest absolute Gasteiger partial charge is 0.494 e. The number of nitrogens with zero attached hydrogens (tertiary/aromatic N) is 1. The number of benzene rings is 2. The number of thiazole rings is 1. The molecule has 0 aliphatic rings. The lowest BCUT2D eigenvalue weighted by Crippen LogP contribution is -2.23. The SMILES string of the molecule is CCCn1c(=O)sc2cc(S(=O)(=O)NCc3ccccc3OCC)ccc21. The number of ether oxygens (including phenoxy) is 1. The van der Waals surface area contributed by atoms with Gasteiger partial charge in [0.15, 0.2) is 0 Å². The smallest absolute Gasteiger partial charge is 0.308 e. The van der Waals surface area contributed by atoms with E-state index in [1.54, 1.807) is 16.7 Å². The third-order valence-corrected chi connectivity index (χ3v) is 6.46. The molecular weight excluding hydrogens is 384 g/mol. The van der Waals surface area contributed by atoms with E-state index in [0.717, 1.165) is 28.8 Å². The van der Waals surface area contributed by atoms with Crippen LogP contribution >= 0.6 is 11.3 Å². The first kappa shape index (κ1) is 19.6. The van der Waals surface area contributed by atoms with Crippen LogP contribution in [-0.2, 0) is 23.1 Å². The van der Waals surface area contributed by atoms with Gasteiger partial charge in [0.1, 0.15) is 5.75 Å². The summed E-state index contributed by atoms with van der Waals surface area (Å²) >= 11 is 1.07. The van der Waals surface area contributed by atoms with Gasteiger partial charge in [0.05, 0.1) is 21.7 Å². The molecule has 1 heterocycles. The summed E-state index contributed by atoms with van der Waals surface area (Å²) in [5, 5.41) is 0. The van der Waals surface area contributed by atoms with E-state index in [1.807, 2.05) is 38.1 Å². The topological polar surface area (TPSA) is 77.4 Å². The van der Waals surface area contributed by atoms with Gasteiger partial charge >= 0.3 is 4.87 Å². The molecule has 0 radical (unpaired) electrons. The summed E-state index contributed by atoms with van der Waals surface area (Å²) in [5.74, 6) is 0.660. The van der Waals surface area contributed by atoms with Gasteiger partial charge in [0, 0.05) is 18.7 Å². The van der Waals surface area contributed by atoms with E-state index >= 15 is 0 Å². The molecule has 144 valence electrons. The highest BCUT2D eigenvalue weighted by Crippen LogP contribution is 2.23. The summed E-state index contributed by atoms with van der Waals surface area (Å²) in [7, 11) is -3.71. The van der Waals surface area contributed by atoms with Crippen LogP contribution in [0.1, 0.15) is 25.8 Å². The molecule has 0 aliphatic carbocycles. The maximum Gasteiger partial charge on any atom is 0.308 e. The minimum Gasteiger partial charge on any atom is -0.494 e. The van der Waals surface area contributed by atoms with Gasteiger partial charge in [-0.25, -0.2) is 13.1 Å². The quantitative estimate of drug-likeness (QED) is 0.622. The van der Waals surface area contributed by atoms with Crippen molar-refractivity contribution in [1.29, 1.82) is 0 Å². The Bertz CT molecular complexity index is 1100. The minimum atomic E-state index is -3.71. The lowest BCUT2D eigenvalue weighted by atomic mass is 10.2. The van der Waals surface area contributed by atoms with Crippen LogP contribution in [0.4, 0.5) is 0 Å². The Labute approximate surface area is 162 Å². The Balaban J connectivity index is 1.86. The number of aromatic nitrogens is 1. The molecule has 0 amide bonds. The second-order valence-electron chi connectivity index (χ2n) is 6.01. The summed E-state index contributed by atoms with van der Waals surface area (Å²) in [6.07, 6.45) is 0.840. The second kappa shape index (κ2) is 8.24. The number of sulfonamides is 1. The number of hydrogen-bond acceptors (Lipinski definition) is 5. The maximum absolute atomic E-state index is 12.7. The summed E-state index contributed by atoms with van der Waals surface area (Å²) in [4.78, 5) is 12.2. The molecule has 0 unspecified atom stereocenters. The second-order valence-corrected chi connectivity index (χ2v) is 8.77. The molecule has 6 nitrogen and oxygen atoms in total. The number of rotatable bonds is 8. The van der Waals surface area contributed by atoms with Crippen molar-refractivity contribution in [2.75, 3.05) is 6.61 Å². The van der Waals surface area contributed by atoms with Crippen molar-refractivity contribution in [3.8, 4) is 5.75 Å². The number of para-hydroxylation sites is 1. The van der Waals surface area contributed by atoms with Crippen LogP contribution in [0.5, 0.6) is 5.75 Å². The van der Waals surface area contributed by atoms with Crippen LogP contribution in [0, 0.1) is 0 Å². The molecule has 0 fully saturated rings. The Hall–Kier alpha value is -2.16. The van der Waals surface area contributed by atoms with Gasteiger partial charge in [-0.2, -0.15) is 0 Å². The van der Waals surface area contributed by atoms with Crippen molar-refractivity contribution in [3.05, 3.63) is 57.7 Å². The lowest BCUT2D eigenvalue weighted by molar-refractivity contribution is 0.336. The fourth-order valence-electron chi connectivity index (χ4n) is 2.85. The fraction of sp³-hybridized carbons (Fsp3) is 0.316. The first-order valence-electron chi connectivity index (χ1n) is 8.80. The van der Waals surface area contributed by atoms with Crippen molar-refractivity contribution >= 4 is 31.6 Å². The molecule has 0 aliphatic heterocycles. The Morgan fingerprint density at radius 1 is 1.15 bits per heavy atom. The third kappa shape index (κ3) is 4.23. The van der Waals surface area contributed by atoms with Crippen molar-refractivity contribution in [2.45, 2.75) is 38.3 Å². The highest BCUT2D eigenvalue weighted by molar-refractivity contribution is 7.89. The van der Waals surface area contributed by atoms with E-state index in [2.05, 4.69) is 4.72 Å². The van der Waals surface area contributed by atoms with E-state index < -0.39 is 10.0 Å². The van der Waals surface area contributed by atoms with Crippen LogP contribution in [-0.4, -0.2) is 19.6 Å². The molecular formula is C19H22N2O4S2. The van der Waals surface area contributed by atoms with Gasteiger partial charge < -0.3 is 4.74 Å². The molecule has 0 saturated carbocycles. The third-order valence-electron chi connectivity index (χ3n) is 4.12. The molecule has 2 aromatic carbocycles. The molecule has 0 bridgehead atoms. The van der Waals surface area contributed by atoms with E-state index in [0.29, 0.717) is 23.6 Å². The molecule has 8 heteroatoms. The summed E-state index contributed by atoms with van der Waals surface area (Å²) < 4.78 is 35.9. The number of aryl methyl sites for hydroxylation is 1. The first-order chi connectivity index (χ1) is 13.0. The normalized spacial score (nSPS) is 11.8. The maximum atomic E-state index is 12.7. The molecule has 0 atom stereocenters. The molecule has 0 spiro atoms. The standard InChI is InChI=1S/C19H22N2O4S2/c1-3-11-21-16-10-9-15(12-18(16)26-19(21)22)27(23,24)20-13-14-7-5-6-8-17(14)25-4-2/h5-10,12,20H,3-4,11,13H2,1-2H3. The average molecular weight is 407 g/mol. The first-order valence-corrected chi connectivity index (χ1v) is 11.1. The van der Waals surface area contributed by atoms with Crippen LogP contribution in [0.15, 0.2) is 52.2 Å². The molecule has 1 aromatic heterocycles. The van der Waals surface area contributed by atoms with E-state index in [-0.39, 0.29) is 16.3 Å². The van der Waals surface area contributed by atoms with Crippen LogP contribution in [0.25, 0.3) is 10.2 Å². The van der Waals surface area contributed by atoms with Crippen LogP contribution < -0.4 is 14.3 Å². The Morgan fingerprint density at radius 2 is 1.93 bits per heavy atom. The van der Waals surface area contributed by atoms with Gasteiger partial charge in [-0.15, -0.1) is 0 Å². The predicted molar refractivity (Wildman–Crippen MR) is 108 cm³/mol. The fourth-order valence-corrected chi connectivity index (χ4v) is 4.92. The molecule has 3 aromatic rings. The minimum absolute atomic E-state index is 0.0694. The van der Waals surface area contributed by atoms with Crippen molar-refractivity contribution in [2.24, 2.45) is 0 Å². The molecule has 1 N–H and O–H groups in total. The highest BCUT2D eigenvalue weighted by Gasteiger charge is 2.17. The monoisotopic (exact) mass is 406 g/mol. The van der Waals surface area contributed by atoms with E-state index in [9.17, 15) is 13.2 Å². The lowest BCUT2D eigenvalue weighted by Gasteiger charge is -2.11. The zero-order valence-corrected chi connectivity index (χ0v) is 16.9. The molecule has 3 rings (SSSR count). The van der Waals surface area contributed by atoms with Gasteiger partial charge in [-0.1, -0.05) is 36.5 Å². The predicted octanol–water partition coefficient (Wildman–Crippen LogP) is 3.35. The van der Waals surface area contributed by atoms with Gasteiger partial charge in [-0.3, -0.25) is 9.36 Å². The van der Waals surface area contributed by atoms with Gasteiger partial charge in [-0.05, 0) is 37.6 Å². The Kier molecular flexibility index (Phi) is 5.98. The zero-order valence-electron chi connectivity index (χ0n) is 15.3. The summed E-state index contributed by atoms with van der Waals surface area (Å²) in [5.41, 5.74) is 1.54. The van der Waals surface area contributed by atoms with Crippen molar-refractivity contribution < 1.29 is 13.2 Å². The van der Waals surface area contributed by atoms with E-state index in [4.69, 9.17) is 4.74 Å². The number of fused-ring (bicyclic) bond motifs is 1. The molecule has 0 saturated heterocycles.